The molecule has 3 amide bonds. The molecule has 1 heterocycles. The van der Waals surface area contributed by atoms with Crippen LogP contribution in [-0.2, 0) is 19.9 Å². The maximum Gasteiger partial charge on any atom is 1.00 e. The average Bonchev–Trinajstić information content (AvgIpc) is 2.37. The van der Waals surface area contributed by atoms with Gasteiger partial charge in [0.2, 0.25) is 5.91 Å². The summed E-state index contributed by atoms with van der Waals surface area (Å²) < 4.78 is 0. The van der Waals surface area contributed by atoms with Gasteiger partial charge in [-0.3, -0.25) is 14.9 Å². The molecule has 118 valence electrons. The predicted molar refractivity (Wildman–Crippen MR) is 69.6 cm³/mol. The fourth-order valence-electron chi connectivity index (χ4n) is 2.20. The Labute approximate surface area is 156 Å². The minimum Gasteiger partial charge on any atom is -0.547 e. The molecule has 0 radical (unpaired) electrons. The molecule has 2 unspecified atom stereocenters. The third-order valence-corrected chi connectivity index (χ3v) is 3.36. The Hall–Kier alpha value is -1.65. The van der Waals surface area contributed by atoms with Crippen LogP contribution >= 0.6 is 11.6 Å². The summed E-state index contributed by atoms with van der Waals surface area (Å²) in [6.07, 6.45) is 0. The van der Waals surface area contributed by atoms with E-state index in [1.54, 1.807) is 5.32 Å². The van der Waals surface area contributed by atoms with Crippen LogP contribution < -0.4 is 45.3 Å². The number of carbonyl (C=O) groups excluding carboxylic acids is 3. The molecule has 5 N–H and O–H groups in total. The summed E-state index contributed by atoms with van der Waals surface area (Å²) in [6.45, 7) is 0. The zero-order chi connectivity index (χ0) is 15.8. The second-order valence-electron chi connectivity index (χ2n) is 4.32. The van der Waals surface area contributed by atoms with Crippen molar-refractivity contribution in [3.8, 4) is 0 Å². The van der Waals surface area contributed by atoms with Gasteiger partial charge in [0.1, 0.15) is 5.54 Å². The number of benzene rings is 1. The van der Waals surface area contributed by atoms with Crippen molar-refractivity contribution in [3.63, 3.8) is 0 Å². The van der Waals surface area contributed by atoms with E-state index in [2.05, 4.69) is 0 Å². The quantitative estimate of drug-likeness (QED) is 0.363. The van der Waals surface area contributed by atoms with Gasteiger partial charge in [-0.05, 0) is 17.7 Å². The number of carboxylic acids is 2. The predicted octanol–water partition coefficient (Wildman–Crippen LogP) is -5.00. The van der Waals surface area contributed by atoms with Gasteiger partial charge in [-0.1, -0.05) is 23.7 Å². The Morgan fingerprint density at radius 3 is 2.17 bits per heavy atom. The Bertz CT molecular complexity index is 651. The van der Waals surface area contributed by atoms with Gasteiger partial charge >= 0.3 is 41.6 Å². The van der Waals surface area contributed by atoms with Crippen LogP contribution in [0.15, 0.2) is 24.3 Å². The number of nitrogens with one attached hydrogen (secondary N) is 2. The van der Waals surface area contributed by atoms with Crippen molar-refractivity contribution >= 4 is 35.5 Å². The molecule has 0 bridgehead atoms. The summed E-state index contributed by atoms with van der Waals surface area (Å²) in [6, 6.07) is 3.88. The van der Waals surface area contributed by atoms with E-state index >= 15 is 0 Å². The van der Waals surface area contributed by atoms with Gasteiger partial charge < -0.3 is 25.8 Å². The molecule has 1 aliphatic heterocycles. The number of amides is 3. The van der Waals surface area contributed by atoms with Crippen LogP contribution in [0.3, 0.4) is 0 Å². The molecule has 2 rings (SSSR count). The first-order chi connectivity index (χ1) is 9.79. The smallest absolute Gasteiger partial charge is 0.547 e. The fourth-order valence-corrected chi connectivity index (χ4v) is 2.32. The van der Waals surface area contributed by atoms with Crippen molar-refractivity contribution in [2.75, 3.05) is 0 Å². The van der Waals surface area contributed by atoms with E-state index in [1.807, 2.05) is 5.32 Å². The Balaban J connectivity index is 0.00000242. The first-order valence-electron chi connectivity index (χ1n) is 5.62. The van der Waals surface area contributed by atoms with Crippen LogP contribution in [0.1, 0.15) is 5.56 Å². The summed E-state index contributed by atoms with van der Waals surface area (Å²) in [5, 5.41) is 24.7. The summed E-state index contributed by atoms with van der Waals surface area (Å²) >= 11 is 5.69. The molecule has 0 spiro atoms. The van der Waals surface area contributed by atoms with E-state index in [0.29, 0.717) is 0 Å². The molecule has 11 heteroatoms. The van der Waals surface area contributed by atoms with Crippen molar-refractivity contribution in [1.82, 2.24) is 10.6 Å². The Kier molecular flexibility index (Phi) is 7.20. The van der Waals surface area contributed by atoms with E-state index in [0.717, 1.165) is 0 Å². The van der Waals surface area contributed by atoms with Crippen molar-refractivity contribution < 1.29 is 64.4 Å². The number of hydrogen-bond donors (Lipinski definition) is 3. The molecule has 2 atom stereocenters. The summed E-state index contributed by atoms with van der Waals surface area (Å²) in [5.74, 6) is -6.96. The minimum absolute atomic E-state index is 0. The number of urea groups is 1. The molecule has 1 saturated heterocycles. The molecule has 0 saturated carbocycles. The molecule has 1 aromatic rings. The van der Waals surface area contributed by atoms with E-state index in [9.17, 15) is 24.3 Å². The largest absolute Gasteiger partial charge is 1.00 e. The normalized spacial score (nSPS) is 22.7. The second kappa shape index (κ2) is 7.75. The van der Waals surface area contributed by atoms with Crippen molar-refractivity contribution in [2.24, 2.45) is 5.92 Å². The zero-order valence-electron chi connectivity index (χ0n) is 11.8. The summed E-state index contributed by atoms with van der Waals surface area (Å²) in [7, 11) is 0. The molecule has 1 fully saturated rings. The third-order valence-electron chi connectivity index (χ3n) is 3.11. The molecular weight excluding hydrogens is 343 g/mol. The fraction of sp³-hybridized carbons (Fsp3) is 0.167. The van der Waals surface area contributed by atoms with Gasteiger partial charge in [0.25, 0.3) is 0 Å². The molecule has 23 heavy (non-hydrogen) atoms. The zero-order valence-corrected chi connectivity index (χ0v) is 14.5. The summed E-state index contributed by atoms with van der Waals surface area (Å²) in [4.78, 5) is 46.1. The molecule has 0 aromatic heterocycles. The van der Waals surface area contributed by atoms with Crippen molar-refractivity contribution in [2.45, 2.75) is 5.54 Å². The van der Waals surface area contributed by atoms with E-state index in [4.69, 9.17) is 16.7 Å². The number of hydrogen-bond acceptors (Lipinski definition) is 5. The van der Waals surface area contributed by atoms with E-state index in [1.165, 1.54) is 24.3 Å². The number of imide groups is 1. The van der Waals surface area contributed by atoms with Crippen molar-refractivity contribution in [3.05, 3.63) is 34.9 Å². The average molecular weight is 353 g/mol. The maximum absolute atomic E-state index is 11.7. The third kappa shape index (κ3) is 3.65. The topological polar surface area (TPSA) is 167 Å². The van der Waals surface area contributed by atoms with Crippen LogP contribution in [0.5, 0.6) is 0 Å². The number of carbonyl (C=O) groups is 4. The SMILES string of the molecule is O.O=C1NC(=O)C(C(=O)O)C(C(=O)[O-])(c2ccc(Cl)cc2)N1.[Na+]. The second-order valence-corrected chi connectivity index (χ2v) is 4.75. The van der Waals surface area contributed by atoms with Gasteiger partial charge in [-0.15, -0.1) is 0 Å². The molecule has 9 nitrogen and oxygen atoms in total. The van der Waals surface area contributed by atoms with Crippen LogP contribution in [0.4, 0.5) is 4.79 Å². The maximum atomic E-state index is 11.7. The van der Waals surface area contributed by atoms with E-state index < -0.39 is 35.3 Å². The molecular formula is C12H10ClN2NaO7. The van der Waals surface area contributed by atoms with E-state index in [-0.39, 0.29) is 45.6 Å². The molecule has 0 aliphatic carbocycles. The molecule has 1 aliphatic rings. The van der Waals surface area contributed by atoms with Crippen LogP contribution in [0.2, 0.25) is 5.02 Å². The van der Waals surface area contributed by atoms with Gasteiger partial charge in [-0.25, -0.2) is 4.79 Å². The van der Waals surface area contributed by atoms with Crippen LogP contribution in [-0.4, -0.2) is 34.5 Å². The number of aliphatic carboxylic acids is 2. The van der Waals surface area contributed by atoms with Crippen molar-refractivity contribution in [1.29, 1.82) is 0 Å². The van der Waals surface area contributed by atoms with Gasteiger partial charge in [0.05, 0.1) is 5.97 Å². The van der Waals surface area contributed by atoms with Gasteiger partial charge in [0.15, 0.2) is 5.92 Å². The van der Waals surface area contributed by atoms with Gasteiger partial charge in [-0.2, -0.15) is 0 Å². The Morgan fingerprint density at radius 1 is 1.22 bits per heavy atom. The summed E-state index contributed by atoms with van der Waals surface area (Å²) in [5.41, 5.74) is -2.65. The van der Waals surface area contributed by atoms with Crippen LogP contribution in [0, 0.1) is 5.92 Å². The molecule has 1 aromatic carbocycles. The standard InChI is InChI=1S/C12H9ClN2O6.Na.H2O/c13-6-3-1-5(2-4-6)12(10(19)20)7(9(17)18)8(16)14-11(21)15-12;;/h1-4,7H,(H,17,18)(H,19,20)(H2,14,15,16,21);;1H2/q;+1;/p-1. The number of carboxylic acid groups (broad SMARTS) is 2. The van der Waals surface area contributed by atoms with Gasteiger partial charge in [0, 0.05) is 5.02 Å². The Morgan fingerprint density at radius 2 is 1.74 bits per heavy atom. The minimum atomic E-state index is -2.52. The first-order valence-corrected chi connectivity index (χ1v) is 6.00. The number of halogens is 1. The monoisotopic (exact) mass is 352 g/mol. The van der Waals surface area contributed by atoms with Crippen LogP contribution in [0.25, 0.3) is 0 Å². The number of rotatable bonds is 3. The first kappa shape index (κ1) is 21.4.